The fourth-order valence-electron chi connectivity index (χ4n) is 2.98. The minimum absolute atomic E-state index is 0.0962. The van der Waals surface area contributed by atoms with E-state index in [0.29, 0.717) is 22.3 Å². The van der Waals surface area contributed by atoms with E-state index in [-0.39, 0.29) is 47.2 Å². The zero-order valence-corrected chi connectivity index (χ0v) is 11.8. The van der Waals surface area contributed by atoms with Crippen molar-refractivity contribution in [3.63, 3.8) is 0 Å². The highest BCUT2D eigenvalue weighted by molar-refractivity contribution is 6.32. The molecule has 0 atom stereocenters. The molecule has 6 nitrogen and oxygen atoms in total. The number of nitrogens with two attached hydrogens (primary N) is 4. The highest BCUT2D eigenvalue weighted by Crippen LogP contribution is 2.38. The summed E-state index contributed by atoms with van der Waals surface area (Å²) < 4.78 is 0. The Bertz CT molecular complexity index is 759. The van der Waals surface area contributed by atoms with Crippen LogP contribution < -0.4 is 22.9 Å². The standard InChI is InChI=1S/C16H16N4O2/c17-5-9-10(6-18)14(20)12-11(13(9)19)15(21)7-3-1-2-4-8(7)16(12)22/h1-4H,5-6,17-20H2. The molecule has 0 bridgehead atoms. The Morgan fingerprint density at radius 3 is 1.41 bits per heavy atom. The van der Waals surface area contributed by atoms with Gasteiger partial charge in [-0.05, 0) is 11.1 Å². The number of hydrogen-bond acceptors (Lipinski definition) is 6. The van der Waals surface area contributed by atoms with E-state index in [4.69, 9.17) is 22.9 Å². The van der Waals surface area contributed by atoms with E-state index in [9.17, 15) is 9.59 Å². The maximum absolute atomic E-state index is 12.7. The molecule has 0 saturated carbocycles. The van der Waals surface area contributed by atoms with Crippen LogP contribution in [0.1, 0.15) is 43.0 Å². The number of fused-ring (bicyclic) bond motifs is 2. The molecule has 0 heterocycles. The zero-order chi connectivity index (χ0) is 16.0. The molecule has 22 heavy (non-hydrogen) atoms. The van der Waals surface area contributed by atoms with Crippen molar-refractivity contribution in [2.45, 2.75) is 13.1 Å². The number of carbonyl (C=O) groups is 2. The van der Waals surface area contributed by atoms with Crippen molar-refractivity contribution in [1.82, 2.24) is 0 Å². The minimum Gasteiger partial charge on any atom is -0.398 e. The van der Waals surface area contributed by atoms with Crippen molar-refractivity contribution in [3.8, 4) is 0 Å². The van der Waals surface area contributed by atoms with Crippen LogP contribution in [-0.4, -0.2) is 11.6 Å². The summed E-state index contributed by atoms with van der Waals surface area (Å²) in [6.45, 7) is 0.192. The van der Waals surface area contributed by atoms with Crippen LogP contribution >= 0.6 is 0 Å². The summed E-state index contributed by atoms with van der Waals surface area (Å²) in [6.07, 6.45) is 0. The Hall–Kier alpha value is -2.70. The van der Waals surface area contributed by atoms with E-state index < -0.39 is 0 Å². The summed E-state index contributed by atoms with van der Waals surface area (Å²) in [5.74, 6) is -0.625. The molecular formula is C16H16N4O2. The molecule has 2 aromatic rings. The quantitative estimate of drug-likeness (QED) is 0.509. The summed E-state index contributed by atoms with van der Waals surface area (Å²) in [5, 5.41) is 0. The van der Waals surface area contributed by atoms with Crippen molar-refractivity contribution in [3.05, 3.63) is 57.6 Å². The summed E-state index contributed by atoms with van der Waals surface area (Å²) in [5.41, 5.74) is 26.0. The largest absolute Gasteiger partial charge is 0.398 e. The lowest BCUT2D eigenvalue weighted by atomic mass is 9.79. The van der Waals surface area contributed by atoms with Crippen LogP contribution in [0.25, 0.3) is 0 Å². The third-order valence-electron chi connectivity index (χ3n) is 4.08. The maximum Gasteiger partial charge on any atom is 0.196 e. The lowest BCUT2D eigenvalue weighted by molar-refractivity contribution is 0.0980. The molecule has 0 aromatic heterocycles. The van der Waals surface area contributed by atoms with Gasteiger partial charge in [-0.2, -0.15) is 0 Å². The second kappa shape index (κ2) is 4.94. The lowest BCUT2D eigenvalue weighted by Crippen LogP contribution is -2.27. The molecule has 1 aliphatic rings. The number of hydrogen-bond donors (Lipinski definition) is 4. The van der Waals surface area contributed by atoms with Gasteiger partial charge in [0.25, 0.3) is 0 Å². The molecular weight excluding hydrogens is 280 g/mol. The van der Waals surface area contributed by atoms with E-state index in [2.05, 4.69) is 0 Å². The van der Waals surface area contributed by atoms with E-state index in [0.717, 1.165) is 0 Å². The second-order valence-electron chi connectivity index (χ2n) is 5.15. The Balaban J connectivity index is 2.43. The SMILES string of the molecule is NCc1c(N)c2c(c(N)c1CN)C(=O)c1ccccc1C2=O. The minimum atomic E-state index is -0.312. The van der Waals surface area contributed by atoms with E-state index in [1.807, 2.05) is 0 Å². The average Bonchev–Trinajstić information content (AvgIpc) is 2.53. The van der Waals surface area contributed by atoms with Crippen LogP contribution in [0, 0.1) is 0 Å². The highest BCUT2D eigenvalue weighted by Gasteiger charge is 2.35. The number of carbonyl (C=O) groups excluding carboxylic acids is 2. The number of benzene rings is 2. The molecule has 0 fully saturated rings. The van der Waals surface area contributed by atoms with Gasteiger partial charge in [0.1, 0.15) is 0 Å². The number of rotatable bonds is 2. The Labute approximate surface area is 127 Å². The van der Waals surface area contributed by atoms with Gasteiger partial charge in [0.15, 0.2) is 11.6 Å². The van der Waals surface area contributed by atoms with Crippen molar-refractivity contribution < 1.29 is 9.59 Å². The number of nitrogen functional groups attached to an aromatic ring is 2. The first-order valence-corrected chi connectivity index (χ1v) is 6.84. The molecule has 0 amide bonds. The predicted molar refractivity (Wildman–Crippen MR) is 84.4 cm³/mol. The van der Waals surface area contributed by atoms with Crippen LogP contribution in [0.15, 0.2) is 24.3 Å². The normalized spacial score (nSPS) is 13.0. The fourth-order valence-corrected chi connectivity index (χ4v) is 2.98. The van der Waals surface area contributed by atoms with E-state index >= 15 is 0 Å². The monoisotopic (exact) mass is 296 g/mol. The van der Waals surface area contributed by atoms with Gasteiger partial charge >= 0.3 is 0 Å². The summed E-state index contributed by atoms with van der Waals surface area (Å²) in [6, 6.07) is 6.61. The average molecular weight is 296 g/mol. The molecule has 0 spiro atoms. The van der Waals surface area contributed by atoms with Crippen molar-refractivity contribution in [2.24, 2.45) is 11.5 Å². The van der Waals surface area contributed by atoms with Gasteiger partial charge in [-0.25, -0.2) is 0 Å². The molecule has 0 aliphatic heterocycles. The van der Waals surface area contributed by atoms with Gasteiger partial charge < -0.3 is 22.9 Å². The molecule has 1 aliphatic carbocycles. The summed E-state index contributed by atoms with van der Waals surface area (Å²) >= 11 is 0. The molecule has 0 saturated heterocycles. The van der Waals surface area contributed by atoms with Crippen LogP contribution in [0.4, 0.5) is 11.4 Å². The molecule has 8 N–H and O–H groups in total. The van der Waals surface area contributed by atoms with Gasteiger partial charge in [-0.15, -0.1) is 0 Å². The van der Waals surface area contributed by atoms with Gasteiger partial charge in [0.05, 0.1) is 11.1 Å². The third kappa shape index (κ3) is 1.68. The van der Waals surface area contributed by atoms with Crippen molar-refractivity contribution >= 4 is 22.9 Å². The van der Waals surface area contributed by atoms with Gasteiger partial charge in [0.2, 0.25) is 0 Å². The molecule has 2 aromatic carbocycles. The van der Waals surface area contributed by atoms with Crippen molar-refractivity contribution in [1.29, 1.82) is 0 Å². The third-order valence-corrected chi connectivity index (χ3v) is 4.08. The van der Waals surface area contributed by atoms with Gasteiger partial charge in [-0.3, -0.25) is 9.59 Å². The summed E-state index contributed by atoms with van der Waals surface area (Å²) in [4.78, 5) is 25.5. The van der Waals surface area contributed by atoms with Gasteiger partial charge in [-0.1, -0.05) is 24.3 Å². The van der Waals surface area contributed by atoms with E-state index in [1.165, 1.54) is 0 Å². The van der Waals surface area contributed by atoms with Crippen LogP contribution in [-0.2, 0) is 13.1 Å². The molecule has 3 rings (SSSR count). The topological polar surface area (TPSA) is 138 Å². The van der Waals surface area contributed by atoms with Crippen LogP contribution in [0.2, 0.25) is 0 Å². The first-order chi connectivity index (χ1) is 10.5. The molecule has 0 radical (unpaired) electrons. The molecule has 6 heteroatoms. The molecule has 0 unspecified atom stereocenters. The first-order valence-electron chi connectivity index (χ1n) is 6.84. The Kier molecular flexibility index (Phi) is 3.20. The summed E-state index contributed by atoms with van der Waals surface area (Å²) in [7, 11) is 0. The maximum atomic E-state index is 12.7. The Morgan fingerprint density at radius 1 is 0.727 bits per heavy atom. The number of ketones is 2. The number of anilines is 2. The van der Waals surface area contributed by atoms with Crippen LogP contribution in [0.5, 0.6) is 0 Å². The van der Waals surface area contributed by atoms with Gasteiger partial charge in [0, 0.05) is 35.6 Å². The first kappa shape index (κ1) is 14.2. The van der Waals surface area contributed by atoms with Crippen molar-refractivity contribution in [2.75, 3.05) is 11.5 Å². The second-order valence-corrected chi connectivity index (χ2v) is 5.15. The lowest BCUT2D eigenvalue weighted by Gasteiger charge is -2.24. The predicted octanol–water partition coefficient (Wildman–Crippen LogP) is 0.544. The fraction of sp³-hybridized carbons (Fsp3) is 0.125. The van der Waals surface area contributed by atoms with Crippen LogP contribution in [0.3, 0.4) is 0 Å². The Morgan fingerprint density at radius 2 is 1.09 bits per heavy atom. The zero-order valence-electron chi connectivity index (χ0n) is 11.8. The molecule has 112 valence electrons. The van der Waals surface area contributed by atoms with E-state index in [1.54, 1.807) is 24.3 Å². The highest BCUT2D eigenvalue weighted by atomic mass is 16.1. The smallest absolute Gasteiger partial charge is 0.196 e.